The number of thiophene rings is 2. The van der Waals surface area contributed by atoms with Gasteiger partial charge in [-0.1, -0.05) is 18.2 Å². The van der Waals surface area contributed by atoms with E-state index in [-0.39, 0.29) is 0 Å². The van der Waals surface area contributed by atoms with Crippen LogP contribution in [0.25, 0.3) is 21.2 Å². The van der Waals surface area contributed by atoms with Crippen LogP contribution in [-0.4, -0.2) is 5.78 Å². The minimum atomic E-state index is 0.301. The Morgan fingerprint density at radius 1 is 0.957 bits per heavy atom. The summed E-state index contributed by atoms with van der Waals surface area (Å²) in [5.74, 6) is 0.301. The average molecular weight is 338 g/mol. The summed E-state index contributed by atoms with van der Waals surface area (Å²) in [4.78, 5) is 16.6. The molecule has 0 atom stereocenters. The highest BCUT2D eigenvalue weighted by Gasteiger charge is 2.29. The van der Waals surface area contributed by atoms with Crippen LogP contribution in [0.15, 0.2) is 30.3 Å². The van der Waals surface area contributed by atoms with Crippen LogP contribution in [0.3, 0.4) is 0 Å². The summed E-state index contributed by atoms with van der Waals surface area (Å²) in [5, 5.41) is 1.22. The molecule has 3 heteroatoms. The molecule has 1 nitrogen and oxygen atoms in total. The summed E-state index contributed by atoms with van der Waals surface area (Å²) in [6.07, 6.45) is 1.51. The van der Waals surface area contributed by atoms with Crippen LogP contribution >= 0.6 is 22.7 Å². The second-order valence-corrected chi connectivity index (χ2v) is 8.85. The van der Waals surface area contributed by atoms with Gasteiger partial charge in [0.2, 0.25) is 0 Å². The Labute approximate surface area is 144 Å². The molecule has 4 rings (SSSR count). The molecule has 0 bridgehead atoms. The van der Waals surface area contributed by atoms with E-state index in [9.17, 15) is 4.79 Å². The summed E-state index contributed by atoms with van der Waals surface area (Å²) < 4.78 is 1.27. The summed E-state index contributed by atoms with van der Waals surface area (Å²) >= 11 is 3.61. The number of hydrogen-bond donors (Lipinski definition) is 0. The summed E-state index contributed by atoms with van der Waals surface area (Å²) in [5.41, 5.74) is 4.68. The van der Waals surface area contributed by atoms with Gasteiger partial charge in [-0.2, -0.15) is 0 Å². The van der Waals surface area contributed by atoms with Crippen molar-refractivity contribution in [3.63, 3.8) is 0 Å². The fourth-order valence-corrected chi connectivity index (χ4v) is 5.65. The third-order valence-corrected chi connectivity index (χ3v) is 6.62. The van der Waals surface area contributed by atoms with Gasteiger partial charge < -0.3 is 0 Å². The van der Waals surface area contributed by atoms with Crippen molar-refractivity contribution in [2.45, 2.75) is 33.6 Å². The molecular weight excluding hydrogens is 320 g/mol. The van der Waals surface area contributed by atoms with Gasteiger partial charge in [-0.25, -0.2) is 0 Å². The van der Waals surface area contributed by atoms with E-state index in [2.05, 4.69) is 51.1 Å². The van der Waals surface area contributed by atoms with Crippen molar-refractivity contribution in [1.29, 1.82) is 0 Å². The maximum atomic E-state index is 12.7. The SMILES string of the molecule is Cc1cc(C2=C(c3c(C)sc4ccccc34)C(=O)CC2)c(C)s1. The number of benzene rings is 1. The van der Waals surface area contributed by atoms with Gasteiger partial charge in [-0.05, 0) is 50.5 Å². The van der Waals surface area contributed by atoms with Gasteiger partial charge in [0.25, 0.3) is 0 Å². The van der Waals surface area contributed by atoms with Crippen molar-refractivity contribution in [2.24, 2.45) is 0 Å². The second kappa shape index (κ2) is 5.43. The first kappa shape index (κ1) is 14.9. The van der Waals surface area contributed by atoms with Crippen molar-refractivity contribution in [2.75, 3.05) is 0 Å². The van der Waals surface area contributed by atoms with E-state index in [0.29, 0.717) is 12.2 Å². The molecule has 0 N–H and O–H groups in total. The fourth-order valence-electron chi connectivity index (χ4n) is 3.63. The van der Waals surface area contributed by atoms with Crippen LogP contribution < -0.4 is 0 Å². The first-order valence-electron chi connectivity index (χ1n) is 7.88. The fraction of sp³-hybridized carbons (Fsp3) is 0.250. The van der Waals surface area contributed by atoms with Crippen molar-refractivity contribution in [3.05, 3.63) is 56.1 Å². The summed E-state index contributed by atoms with van der Waals surface area (Å²) in [7, 11) is 0. The van der Waals surface area contributed by atoms with Gasteiger partial charge in [0.15, 0.2) is 5.78 Å². The molecule has 23 heavy (non-hydrogen) atoms. The third kappa shape index (κ3) is 2.30. The molecule has 0 saturated heterocycles. The predicted molar refractivity (Wildman–Crippen MR) is 101 cm³/mol. The highest BCUT2D eigenvalue weighted by atomic mass is 32.1. The van der Waals surface area contributed by atoms with E-state index in [4.69, 9.17) is 0 Å². The Hall–Kier alpha value is -1.71. The zero-order chi connectivity index (χ0) is 16.1. The van der Waals surface area contributed by atoms with Gasteiger partial charge in [0.1, 0.15) is 0 Å². The first-order chi connectivity index (χ1) is 11.1. The van der Waals surface area contributed by atoms with Crippen molar-refractivity contribution in [3.8, 4) is 0 Å². The van der Waals surface area contributed by atoms with Gasteiger partial charge in [-0.15, -0.1) is 22.7 Å². The number of carbonyl (C=O) groups is 1. The lowest BCUT2D eigenvalue weighted by Crippen LogP contribution is -1.97. The zero-order valence-corrected chi connectivity index (χ0v) is 15.2. The van der Waals surface area contributed by atoms with Crippen LogP contribution in [-0.2, 0) is 4.79 Å². The van der Waals surface area contributed by atoms with Gasteiger partial charge >= 0.3 is 0 Å². The van der Waals surface area contributed by atoms with E-state index in [1.54, 1.807) is 11.3 Å². The Morgan fingerprint density at radius 3 is 2.48 bits per heavy atom. The highest BCUT2D eigenvalue weighted by Crippen LogP contribution is 2.45. The molecular formula is C20H18OS2. The van der Waals surface area contributed by atoms with E-state index in [1.165, 1.54) is 41.4 Å². The maximum absolute atomic E-state index is 12.7. The second-order valence-electron chi connectivity index (χ2n) is 6.13. The Bertz CT molecular complexity index is 969. The minimum absolute atomic E-state index is 0.301. The molecule has 0 unspecified atom stereocenters. The molecule has 0 amide bonds. The highest BCUT2D eigenvalue weighted by molar-refractivity contribution is 7.19. The summed E-state index contributed by atoms with van der Waals surface area (Å²) in [6.45, 7) is 6.45. The monoisotopic (exact) mass is 338 g/mol. The molecule has 3 aromatic rings. The molecule has 0 fully saturated rings. The molecule has 2 heterocycles. The molecule has 0 spiro atoms. The number of aryl methyl sites for hydroxylation is 3. The number of Topliss-reactive ketones (excluding diaryl/α,β-unsaturated/α-hetero) is 1. The Kier molecular flexibility index (Phi) is 3.51. The van der Waals surface area contributed by atoms with Crippen molar-refractivity contribution < 1.29 is 4.79 Å². The van der Waals surface area contributed by atoms with Crippen LogP contribution in [0.1, 0.15) is 38.6 Å². The molecule has 0 saturated carbocycles. The van der Waals surface area contributed by atoms with Crippen molar-refractivity contribution in [1.82, 2.24) is 0 Å². The van der Waals surface area contributed by atoms with E-state index in [0.717, 1.165) is 12.0 Å². The molecule has 2 aromatic heterocycles. The van der Waals surface area contributed by atoms with Crippen LogP contribution in [0.4, 0.5) is 0 Å². The number of hydrogen-bond acceptors (Lipinski definition) is 3. The maximum Gasteiger partial charge on any atom is 0.164 e. The number of allylic oxidation sites excluding steroid dienone is 2. The molecule has 116 valence electrons. The average Bonchev–Trinajstić information content (AvgIpc) is 3.14. The lowest BCUT2D eigenvalue weighted by atomic mass is 9.95. The normalized spacial score (nSPS) is 15.2. The molecule has 1 aliphatic rings. The standard InChI is InChI=1S/C20H18OS2/c1-11-10-16(12(2)22-11)14-8-9-17(21)20(14)19-13(3)23-18-7-5-4-6-15(18)19/h4-7,10H,8-9H2,1-3H3. The summed E-state index contributed by atoms with van der Waals surface area (Å²) in [6, 6.07) is 10.7. The zero-order valence-electron chi connectivity index (χ0n) is 13.5. The van der Waals surface area contributed by atoms with Crippen LogP contribution in [0.2, 0.25) is 0 Å². The van der Waals surface area contributed by atoms with E-state index in [1.807, 2.05) is 11.3 Å². The van der Waals surface area contributed by atoms with Crippen LogP contribution in [0, 0.1) is 20.8 Å². The van der Waals surface area contributed by atoms with Crippen LogP contribution in [0.5, 0.6) is 0 Å². The third-order valence-electron chi connectivity index (χ3n) is 4.57. The lowest BCUT2D eigenvalue weighted by Gasteiger charge is -2.07. The first-order valence-corrected chi connectivity index (χ1v) is 9.52. The number of rotatable bonds is 2. The van der Waals surface area contributed by atoms with Gasteiger partial charge in [-0.3, -0.25) is 4.79 Å². The molecule has 0 radical (unpaired) electrons. The molecule has 1 aliphatic carbocycles. The molecule has 1 aromatic carbocycles. The number of fused-ring (bicyclic) bond motifs is 1. The van der Waals surface area contributed by atoms with Crippen molar-refractivity contribution >= 4 is 49.7 Å². The van der Waals surface area contributed by atoms with Gasteiger partial charge in [0.05, 0.1) is 0 Å². The minimum Gasteiger partial charge on any atom is -0.294 e. The smallest absolute Gasteiger partial charge is 0.164 e. The van der Waals surface area contributed by atoms with E-state index >= 15 is 0 Å². The largest absolute Gasteiger partial charge is 0.294 e. The molecule has 0 aliphatic heterocycles. The number of ketones is 1. The quantitative estimate of drug-likeness (QED) is 0.547. The Morgan fingerprint density at radius 2 is 1.74 bits per heavy atom. The van der Waals surface area contributed by atoms with Gasteiger partial charge in [0, 0.05) is 42.3 Å². The lowest BCUT2D eigenvalue weighted by molar-refractivity contribution is -0.113. The topological polar surface area (TPSA) is 17.1 Å². The Balaban J connectivity index is 2.03. The predicted octanol–water partition coefficient (Wildman–Crippen LogP) is 6.16. The number of carbonyl (C=O) groups excluding carboxylic acids is 1. The van der Waals surface area contributed by atoms with E-state index < -0.39 is 0 Å².